The SMILES string of the molecule is CC(C)(C)OC(=O)N1CC=C(C2=CCC(C)(C(=O)O)C=N2)CC1. The molecule has 6 heteroatoms. The summed E-state index contributed by atoms with van der Waals surface area (Å²) in [4.78, 5) is 29.2. The largest absolute Gasteiger partial charge is 0.481 e. The molecule has 0 aromatic rings. The van der Waals surface area contributed by atoms with Crippen LogP contribution in [0.3, 0.4) is 0 Å². The molecule has 1 atom stereocenters. The summed E-state index contributed by atoms with van der Waals surface area (Å²) in [6.07, 6.45) is 6.13. The molecule has 1 N–H and O–H groups in total. The van der Waals surface area contributed by atoms with E-state index < -0.39 is 17.0 Å². The van der Waals surface area contributed by atoms with Crippen LogP contribution >= 0.6 is 0 Å². The first-order valence-corrected chi connectivity index (χ1v) is 7.77. The van der Waals surface area contributed by atoms with Crippen LogP contribution < -0.4 is 0 Å². The topological polar surface area (TPSA) is 79.2 Å². The number of carboxylic acids is 1. The number of aliphatic imine (C=N–C) groups is 1. The first-order valence-electron chi connectivity index (χ1n) is 7.77. The van der Waals surface area contributed by atoms with Crippen molar-refractivity contribution in [3.63, 3.8) is 0 Å². The highest BCUT2D eigenvalue weighted by atomic mass is 16.6. The van der Waals surface area contributed by atoms with Crippen molar-refractivity contribution in [2.75, 3.05) is 13.1 Å². The van der Waals surface area contributed by atoms with Crippen molar-refractivity contribution in [1.82, 2.24) is 4.90 Å². The molecule has 0 aromatic carbocycles. The Morgan fingerprint density at radius 1 is 1.35 bits per heavy atom. The van der Waals surface area contributed by atoms with Gasteiger partial charge in [0.25, 0.3) is 0 Å². The lowest BCUT2D eigenvalue weighted by atomic mass is 9.85. The molecule has 2 heterocycles. The van der Waals surface area contributed by atoms with Crippen LogP contribution in [0.15, 0.2) is 28.4 Å². The Bertz CT molecular complexity index is 598. The van der Waals surface area contributed by atoms with Gasteiger partial charge < -0.3 is 14.7 Å². The van der Waals surface area contributed by atoms with Crippen molar-refractivity contribution >= 4 is 18.3 Å². The van der Waals surface area contributed by atoms with Crippen LogP contribution in [0.1, 0.15) is 40.5 Å². The van der Waals surface area contributed by atoms with Gasteiger partial charge >= 0.3 is 12.1 Å². The maximum absolute atomic E-state index is 12.0. The summed E-state index contributed by atoms with van der Waals surface area (Å²) in [6.45, 7) is 8.24. The number of rotatable bonds is 2. The minimum atomic E-state index is -0.929. The Balaban J connectivity index is 1.98. The van der Waals surface area contributed by atoms with Crippen molar-refractivity contribution < 1.29 is 19.4 Å². The van der Waals surface area contributed by atoms with Crippen LogP contribution in [0.4, 0.5) is 4.79 Å². The molecule has 2 rings (SSSR count). The molecule has 126 valence electrons. The van der Waals surface area contributed by atoms with Gasteiger partial charge in [0.05, 0.1) is 5.70 Å². The Morgan fingerprint density at radius 3 is 2.48 bits per heavy atom. The lowest BCUT2D eigenvalue weighted by Gasteiger charge is -2.30. The molecule has 0 aliphatic carbocycles. The first-order chi connectivity index (χ1) is 10.6. The van der Waals surface area contributed by atoms with Crippen LogP contribution in [0, 0.1) is 5.41 Å². The minimum Gasteiger partial charge on any atom is -0.481 e. The maximum Gasteiger partial charge on any atom is 0.410 e. The first kappa shape index (κ1) is 17.2. The fourth-order valence-corrected chi connectivity index (χ4v) is 2.38. The average Bonchev–Trinajstić information content (AvgIpc) is 2.46. The van der Waals surface area contributed by atoms with E-state index in [0.717, 1.165) is 11.3 Å². The second kappa shape index (κ2) is 6.18. The van der Waals surface area contributed by atoms with Gasteiger partial charge in [0.2, 0.25) is 0 Å². The normalized spacial score (nSPS) is 24.8. The van der Waals surface area contributed by atoms with Crippen molar-refractivity contribution in [3.05, 3.63) is 23.4 Å². The molecule has 0 spiro atoms. The Labute approximate surface area is 136 Å². The van der Waals surface area contributed by atoms with Gasteiger partial charge in [0.1, 0.15) is 11.0 Å². The standard InChI is InChI=1S/C17H24N2O4/c1-16(2,3)23-15(22)19-9-6-12(7-10-19)13-5-8-17(4,11-18-13)14(20)21/h5-6,11H,7-10H2,1-4H3,(H,20,21). The second-order valence-electron chi connectivity index (χ2n) is 7.18. The second-order valence-corrected chi connectivity index (χ2v) is 7.18. The third-order valence-corrected chi connectivity index (χ3v) is 3.89. The number of hydrogen-bond donors (Lipinski definition) is 1. The summed E-state index contributed by atoms with van der Waals surface area (Å²) in [5.41, 5.74) is 0.431. The Morgan fingerprint density at radius 2 is 2.04 bits per heavy atom. The summed E-state index contributed by atoms with van der Waals surface area (Å²) < 4.78 is 5.36. The Hall–Kier alpha value is -2.11. The Kier molecular flexibility index (Phi) is 4.63. The van der Waals surface area contributed by atoms with Gasteiger partial charge in [-0.2, -0.15) is 0 Å². The van der Waals surface area contributed by atoms with Gasteiger partial charge in [-0.3, -0.25) is 9.79 Å². The monoisotopic (exact) mass is 320 g/mol. The molecule has 1 unspecified atom stereocenters. The molecular weight excluding hydrogens is 296 g/mol. The van der Waals surface area contributed by atoms with Gasteiger partial charge in [-0.1, -0.05) is 12.2 Å². The van der Waals surface area contributed by atoms with Crippen LogP contribution in [-0.2, 0) is 9.53 Å². The molecule has 0 radical (unpaired) electrons. The molecule has 0 aromatic heterocycles. The molecule has 0 saturated carbocycles. The number of ether oxygens (including phenoxy) is 1. The number of carboxylic acid groups (broad SMARTS) is 1. The van der Waals surface area contributed by atoms with Gasteiger partial charge in [-0.15, -0.1) is 0 Å². The van der Waals surface area contributed by atoms with Crippen molar-refractivity contribution in [2.45, 2.75) is 46.1 Å². The van der Waals surface area contributed by atoms with E-state index in [2.05, 4.69) is 4.99 Å². The number of allylic oxidation sites excluding steroid dienone is 2. The van der Waals surface area contributed by atoms with E-state index in [-0.39, 0.29) is 6.09 Å². The van der Waals surface area contributed by atoms with Gasteiger partial charge in [0, 0.05) is 19.3 Å². The highest BCUT2D eigenvalue weighted by Crippen LogP contribution is 2.30. The zero-order valence-corrected chi connectivity index (χ0v) is 14.1. The molecule has 0 fully saturated rings. The number of carbonyl (C=O) groups is 2. The van der Waals surface area contributed by atoms with Gasteiger partial charge in [0.15, 0.2) is 0 Å². The highest BCUT2D eigenvalue weighted by molar-refractivity contribution is 5.94. The molecule has 23 heavy (non-hydrogen) atoms. The molecule has 2 aliphatic rings. The molecule has 6 nitrogen and oxygen atoms in total. The third kappa shape index (κ3) is 4.21. The van der Waals surface area contributed by atoms with Crippen LogP contribution in [0.5, 0.6) is 0 Å². The summed E-state index contributed by atoms with van der Waals surface area (Å²) in [5.74, 6) is -0.870. The third-order valence-electron chi connectivity index (χ3n) is 3.89. The molecule has 0 saturated heterocycles. The van der Waals surface area contributed by atoms with E-state index in [0.29, 0.717) is 25.9 Å². The number of nitrogens with zero attached hydrogens (tertiary/aromatic N) is 2. The molecular formula is C17H24N2O4. The van der Waals surface area contributed by atoms with E-state index >= 15 is 0 Å². The van der Waals surface area contributed by atoms with E-state index in [1.807, 2.05) is 32.9 Å². The van der Waals surface area contributed by atoms with Crippen molar-refractivity contribution in [1.29, 1.82) is 0 Å². The summed E-state index contributed by atoms with van der Waals surface area (Å²) >= 11 is 0. The minimum absolute atomic E-state index is 0.313. The van der Waals surface area contributed by atoms with Crippen molar-refractivity contribution in [3.8, 4) is 0 Å². The van der Waals surface area contributed by atoms with Gasteiger partial charge in [-0.25, -0.2) is 4.79 Å². The predicted octanol–water partition coefficient (Wildman–Crippen LogP) is 3.00. The van der Waals surface area contributed by atoms with E-state index in [1.165, 1.54) is 6.21 Å². The van der Waals surface area contributed by atoms with E-state index in [1.54, 1.807) is 11.8 Å². The lowest BCUT2D eigenvalue weighted by Crippen LogP contribution is -2.39. The van der Waals surface area contributed by atoms with Gasteiger partial charge in [-0.05, 0) is 46.1 Å². The molecule has 0 bridgehead atoms. The van der Waals surface area contributed by atoms with Crippen LogP contribution in [0.2, 0.25) is 0 Å². The van der Waals surface area contributed by atoms with E-state index in [9.17, 15) is 14.7 Å². The summed E-state index contributed by atoms with van der Waals surface area (Å²) in [6, 6.07) is 0. The smallest absolute Gasteiger partial charge is 0.410 e. The zero-order chi connectivity index (χ0) is 17.3. The maximum atomic E-state index is 12.0. The highest BCUT2D eigenvalue weighted by Gasteiger charge is 2.33. The molecule has 1 amide bonds. The number of carbonyl (C=O) groups excluding carboxylic acids is 1. The number of hydrogen-bond acceptors (Lipinski definition) is 4. The average molecular weight is 320 g/mol. The van der Waals surface area contributed by atoms with Crippen LogP contribution in [-0.4, -0.2) is 47.0 Å². The quantitative estimate of drug-likeness (QED) is 0.848. The van der Waals surface area contributed by atoms with Crippen LogP contribution in [0.25, 0.3) is 0 Å². The molecule has 2 aliphatic heterocycles. The summed E-state index contributed by atoms with van der Waals surface area (Å²) in [5, 5.41) is 9.19. The fourth-order valence-electron chi connectivity index (χ4n) is 2.38. The lowest BCUT2D eigenvalue weighted by molar-refractivity contribution is -0.143. The van der Waals surface area contributed by atoms with Crippen molar-refractivity contribution in [2.24, 2.45) is 10.4 Å². The predicted molar refractivity (Wildman–Crippen MR) is 87.4 cm³/mol. The zero-order valence-electron chi connectivity index (χ0n) is 14.1. The van der Waals surface area contributed by atoms with E-state index in [4.69, 9.17) is 4.74 Å². The summed E-state index contributed by atoms with van der Waals surface area (Å²) in [7, 11) is 0. The fraction of sp³-hybridized carbons (Fsp3) is 0.588. The number of aliphatic carboxylic acids is 1. The number of amides is 1.